The third-order valence-electron chi connectivity index (χ3n) is 5.37. The number of thioether (sulfide) groups is 2. The molecule has 0 amide bonds. The highest BCUT2D eigenvalue weighted by Crippen LogP contribution is 2.30. The first kappa shape index (κ1) is 28.9. The average molecular weight is 515 g/mol. The van der Waals surface area contributed by atoms with Crippen LogP contribution >= 0.6 is 23.5 Å². The smallest absolute Gasteiger partial charge is 0.189 e. The molecule has 192 valence electrons. The summed E-state index contributed by atoms with van der Waals surface area (Å²) in [6.07, 6.45) is -13.5. The van der Waals surface area contributed by atoms with Crippen LogP contribution in [0, 0.1) is 0 Å². The highest BCUT2D eigenvalue weighted by Gasteiger charge is 2.49. The third kappa shape index (κ3) is 8.39. The standard InChI is InChI=1S/C20H34O11S2/c1-9(21)3-5-32-7-11-13(23)15(25)17(27)19(29-11)31-20-18(28)16(26)14(24)12(30-20)8-33-6-4-10(2)22/h11-20,23-28H,3-8H2,1-2H3/t11-,12-,13-,14-,15+,16+,17-,18-,19-,20-/m1/s1. The van der Waals surface area contributed by atoms with Crippen LogP contribution in [0.4, 0.5) is 0 Å². The summed E-state index contributed by atoms with van der Waals surface area (Å²) in [5.74, 6) is 1.43. The van der Waals surface area contributed by atoms with Gasteiger partial charge in [-0.25, -0.2) is 0 Å². The van der Waals surface area contributed by atoms with Gasteiger partial charge in [-0.2, -0.15) is 23.5 Å². The van der Waals surface area contributed by atoms with Crippen molar-refractivity contribution in [3.05, 3.63) is 0 Å². The van der Waals surface area contributed by atoms with E-state index in [0.29, 0.717) is 24.3 Å². The molecule has 0 radical (unpaired) electrons. The second-order valence-electron chi connectivity index (χ2n) is 8.22. The third-order valence-corrected chi connectivity index (χ3v) is 7.48. The lowest BCUT2D eigenvalue weighted by Crippen LogP contribution is -2.63. The molecule has 2 aliphatic heterocycles. The average Bonchev–Trinajstić information content (AvgIpc) is 2.76. The van der Waals surface area contributed by atoms with Gasteiger partial charge in [-0.15, -0.1) is 0 Å². The van der Waals surface area contributed by atoms with Gasteiger partial charge >= 0.3 is 0 Å². The van der Waals surface area contributed by atoms with Crippen LogP contribution in [0.15, 0.2) is 0 Å². The van der Waals surface area contributed by atoms with E-state index >= 15 is 0 Å². The van der Waals surface area contributed by atoms with Crippen molar-refractivity contribution in [3.8, 4) is 0 Å². The highest BCUT2D eigenvalue weighted by molar-refractivity contribution is 7.99. The van der Waals surface area contributed by atoms with Gasteiger partial charge in [0.1, 0.15) is 48.2 Å². The second-order valence-corrected chi connectivity index (χ2v) is 10.5. The number of aliphatic hydroxyl groups excluding tert-OH is 6. The van der Waals surface area contributed by atoms with E-state index in [9.17, 15) is 40.2 Å². The minimum Gasteiger partial charge on any atom is -0.388 e. The molecule has 6 N–H and O–H groups in total. The minimum absolute atomic E-state index is 0.0162. The van der Waals surface area contributed by atoms with Gasteiger partial charge in [-0.1, -0.05) is 0 Å². The van der Waals surface area contributed by atoms with E-state index < -0.39 is 61.4 Å². The summed E-state index contributed by atoms with van der Waals surface area (Å²) in [5, 5.41) is 61.5. The normalized spacial score (nSPS) is 39.4. The Hall–Kier alpha value is -0.320. The van der Waals surface area contributed by atoms with Gasteiger partial charge < -0.3 is 44.8 Å². The molecule has 0 aliphatic carbocycles. The maximum absolute atomic E-state index is 11.1. The summed E-state index contributed by atoms with van der Waals surface area (Å²) in [6, 6.07) is 0. The number of hydrogen-bond donors (Lipinski definition) is 6. The van der Waals surface area contributed by atoms with Gasteiger partial charge in [0.2, 0.25) is 0 Å². The number of hydrogen-bond acceptors (Lipinski definition) is 13. The Morgan fingerprint density at radius 1 is 0.667 bits per heavy atom. The van der Waals surface area contributed by atoms with Gasteiger partial charge in [-0.3, -0.25) is 9.59 Å². The van der Waals surface area contributed by atoms with Crippen LogP contribution in [0.3, 0.4) is 0 Å². The number of rotatable bonds is 12. The first-order chi connectivity index (χ1) is 15.5. The molecule has 0 spiro atoms. The lowest BCUT2D eigenvalue weighted by atomic mass is 9.98. The molecule has 0 aromatic rings. The summed E-state index contributed by atoms with van der Waals surface area (Å²) in [5.41, 5.74) is 0. The fraction of sp³-hybridized carbons (Fsp3) is 0.900. The van der Waals surface area contributed by atoms with Gasteiger partial charge in [-0.05, 0) is 13.8 Å². The van der Waals surface area contributed by atoms with E-state index in [1.807, 2.05) is 0 Å². The van der Waals surface area contributed by atoms with E-state index in [2.05, 4.69) is 0 Å². The molecule has 0 bridgehead atoms. The molecule has 0 aromatic carbocycles. The fourth-order valence-corrected chi connectivity index (χ4v) is 5.51. The lowest BCUT2D eigenvalue weighted by Gasteiger charge is -2.45. The van der Waals surface area contributed by atoms with Crippen molar-refractivity contribution in [1.82, 2.24) is 0 Å². The van der Waals surface area contributed by atoms with Crippen LogP contribution in [0.5, 0.6) is 0 Å². The Bertz CT molecular complexity index is 587. The van der Waals surface area contributed by atoms with E-state index in [4.69, 9.17) is 14.2 Å². The van der Waals surface area contributed by atoms with Gasteiger partial charge in [0.05, 0.1) is 12.2 Å². The van der Waals surface area contributed by atoms with Crippen LogP contribution in [0.2, 0.25) is 0 Å². The topological polar surface area (TPSA) is 183 Å². The number of carbonyl (C=O) groups excluding carboxylic acids is 2. The van der Waals surface area contributed by atoms with Gasteiger partial charge in [0.15, 0.2) is 12.6 Å². The first-order valence-corrected chi connectivity index (χ1v) is 13.0. The molecule has 11 nitrogen and oxygen atoms in total. The van der Waals surface area contributed by atoms with Crippen LogP contribution in [0.1, 0.15) is 26.7 Å². The Labute approximate surface area is 200 Å². The molecule has 0 aromatic heterocycles. The molecule has 10 atom stereocenters. The van der Waals surface area contributed by atoms with E-state index in [0.717, 1.165) is 0 Å². The highest BCUT2D eigenvalue weighted by atomic mass is 32.2. The van der Waals surface area contributed by atoms with Crippen molar-refractivity contribution in [3.63, 3.8) is 0 Å². The zero-order valence-corrected chi connectivity index (χ0v) is 20.2. The molecule has 13 heteroatoms. The van der Waals surface area contributed by atoms with Crippen LogP contribution in [-0.2, 0) is 23.8 Å². The summed E-state index contributed by atoms with van der Waals surface area (Å²) < 4.78 is 16.7. The fourth-order valence-electron chi connectivity index (χ4n) is 3.30. The zero-order chi connectivity index (χ0) is 24.7. The monoisotopic (exact) mass is 514 g/mol. The summed E-state index contributed by atoms with van der Waals surface area (Å²) in [4.78, 5) is 22.1. The molecular weight excluding hydrogens is 480 g/mol. The lowest BCUT2D eigenvalue weighted by molar-refractivity contribution is -0.369. The van der Waals surface area contributed by atoms with E-state index in [1.54, 1.807) is 0 Å². The van der Waals surface area contributed by atoms with Crippen molar-refractivity contribution in [2.24, 2.45) is 0 Å². The molecular formula is C20H34O11S2. The van der Waals surface area contributed by atoms with Crippen molar-refractivity contribution < 1.29 is 54.4 Å². The summed E-state index contributed by atoms with van der Waals surface area (Å²) in [7, 11) is 0. The quantitative estimate of drug-likeness (QED) is 0.158. The van der Waals surface area contributed by atoms with Crippen LogP contribution in [0.25, 0.3) is 0 Å². The van der Waals surface area contributed by atoms with Gasteiger partial charge in [0.25, 0.3) is 0 Å². The zero-order valence-electron chi connectivity index (χ0n) is 18.6. The summed E-state index contributed by atoms with van der Waals surface area (Å²) >= 11 is 2.65. The molecule has 0 unspecified atom stereocenters. The van der Waals surface area contributed by atoms with Crippen LogP contribution in [-0.4, -0.2) is 127 Å². The predicted octanol–water partition coefficient (Wildman–Crippen LogP) is -1.96. The van der Waals surface area contributed by atoms with Crippen molar-refractivity contribution in [2.45, 2.75) is 88.1 Å². The van der Waals surface area contributed by atoms with Crippen molar-refractivity contribution in [1.29, 1.82) is 0 Å². The van der Waals surface area contributed by atoms with Crippen molar-refractivity contribution in [2.75, 3.05) is 23.0 Å². The molecule has 2 heterocycles. The maximum atomic E-state index is 11.1. The number of aliphatic hydroxyl groups is 6. The number of Topliss-reactive ketones (excluding diaryl/α,β-unsaturated/α-hetero) is 2. The number of ether oxygens (including phenoxy) is 3. The Kier molecular flexibility index (Phi) is 12.0. The van der Waals surface area contributed by atoms with Gasteiger partial charge in [0, 0.05) is 35.9 Å². The Morgan fingerprint density at radius 3 is 1.36 bits per heavy atom. The molecule has 0 saturated carbocycles. The second kappa shape index (κ2) is 13.7. The Morgan fingerprint density at radius 2 is 1.03 bits per heavy atom. The van der Waals surface area contributed by atoms with E-state index in [-0.39, 0.29) is 23.1 Å². The Balaban J connectivity index is 1.97. The molecule has 2 saturated heterocycles. The largest absolute Gasteiger partial charge is 0.388 e. The first-order valence-electron chi connectivity index (χ1n) is 10.7. The SMILES string of the molecule is CC(=O)CCSC[C@H]1O[C@H](O[C@H]2O[C@H](CSCCC(C)=O)[C@@H](O)[C@H](O)[C@H]2O)[C@H](O)[C@@H](O)[C@@H]1O. The summed E-state index contributed by atoms with van der Waals surface area (Å²) in [6.45, 7) is 2.93. The molecule has 2 aliphatic rings. The van der Waals surface area contributed by atoms with Crippen LogP contribution < -0.4 is 0 Å². The predicted molar refractivity (Wildman–Crippen MR) is 120 cm³/mol. The molecule has 2 fully saturated rings. The maximum Gasteiger partial charge on any atom is 0.189 e. The van der Waals surface area contributed by atoms with Crippen molar-refractivity contribution >= 4 is 35.1 Å². The molecule has 2 rings (SSSR count). The molecule has 33 heavy (non-hydrogen) atoms. The number of ketones is 2. The van der Waals surface area contributed by atoms with E-state index in [1.165, 1.54) is 37.4 Å². The minimum atomic E-state index is -1.67. The number of carbonyl (C=O) groups is 2.